The largest absolute Gasteiger partial charge is 0.484 e. The maximum atomic E-state index is 12.4. The first kappa shape index (κ1) is 19.0. The third kappa shape index (κ3) is 4.52. The first-order valence-electron chi connectivity index (χ1n) is 8.78. The van der Waals surface area contributed by atoms with E-state index in [-0.39, 0.29) is 24.3 Å². The van der Waals surface area contributed by atoms with Crippen molar-refractivity contribution < 1.29 is 13.9 Å². The van der Waals surface area contributed by atoms with Gasteiger partial charge in [0.1, 0.15) is 18.1 Å². The number of aryl methyl sites for hydroxylation is 2. The molecule has 1 aromatic carbocycles. The number of hydrogen-bond donors (Lipinski definition) is 1. The Bertz CT molecular complexity index is 912. The summed E-state index contributed by atoms with van der Waals surface area (Å²) in [7, 11) is 0. The first-order valence-corrected chi connectivity index (χ1v) is 9.16. The van der Waals surface area contributed by atoms with E-state index >= 15 is 0 Å². The number of nitrogens with one attached hydrogen (secondary N) is 1. The molecule has 0 spiro atoms. The number of aromatic nitrogens is 2. The van der Waals surface area contributed by atoms with Gasteiger partial charge < -0.3 is 14.5 Å². The van der Waals surface area contributed by atoms with Gasteiger partial charge in [-0.15, -0.1) is 0 Å². The summed E-state index contributed by atoms with van der Waals surface area (Å²) in [4.78, 5) is 12.4. The number of benzene rings is 1. The van der Waals surface area contributed by atoms with Gasteiger partial charge in [0.2, 0.25) is 0 Å². The minimum atomic E-state index is -0.297. The van der Waals surface area contributed by atoms with E-state index in [2.05, 4.69) is 10.4 Å². The van der Waals surface area contributed by atoms with E-state index in [0.717, 1.165) is 17.8 Å². The standard InChI is InChI=1S/C20H22ClN3O3/c1-4-24-11-10-17(23-24)14(3)22-20(25)18-9-8-15(27-18)12-26-19-13(2)6-5-7-16(19)21/h5-11,14H,4,12H2,1-3H3,(H,22,25). The van der Waals surface area contributed by atoms with E-state index in [1.807, 2.05) is 49.8 Å². The van der Waals surface area contributed by atoms with Crippen molar-refractivity contribution in [2.75, 3.05) is 0 Å². The SMILES string of the molecule is CCn1ccc(C(C)NC(=O)c2ccc(COc3c(C)cccc3Cl)o2)n1. The molecule has 142 valence electrons. The molecule has 1 atom stereocenters. The summed E-state index contributed by atoms with van der Waals surface area (Å²) >= 11 is 6.15. The molecule has 0 saturated heterocycles. The first-order chi connectivity index (χ1) is 13.0. The number of para-hydroxylation sites is 1. The van der Waals surface area contributed by atoms with Gasteiger partial charge in [0.15, 0.2) is 5.76 Å². The second kappa shape index (κ2) is 8.31. The van der Waals surface area contributed by atoms with Crippen molar-refractivity contribution in [2.45, 2.75) is 40.0 Å². The maximum Gasteiger partial charge on any atom is 0.287 e. The van der Waals surface area contributed by atoms with Gasteiger partial charge in [-0.3, -0.25) is 9.48 Å². The quantitative estimate of drug-likeness (QED) is 0.646. The Morgan fingerprint density at radius 2 is 2.15 bits per heavy atom. The highest BCUT2D eigenvalue weighted by Gasteiger charge is 2.17. The van der Waals surface area contributed by atoms with Crippen molar-refractivity contribution >= 4 is 17.5 Å². The van der Waals surface area contributed by atoms with Crippen molar-refractivity contribution in [2.24, 2.45) is 0 Å². The van der Waals surface area contributed by atoms with Gasteiger partial charge in [0, 0.05) is 12.7 Å². The van der Waals surface area contributed by atoms with E-state index in [0.29, 0.717) is 16.5 Å². The molecule has 7 heteroatoms. The van der Waals surface area contributed by atoms with E-state index in [1.165, 1.54) is 0 Å². The van der Waals surface area contributed by atoms with Crippen molar-refractivity contribution in [3.63, 3.8) is 0 Å². The Morgan fingerprint density at radius 1 is 1.33 bits per heavy atom. The van der Waals surface area contributed by atoms with Crippen LogP contribution in [0, 0.1) is 6.92 Å². The number of halogens is 1. The third-order valence-corrected chi connectivity index (χ3v) is 4.48. The molecular weight excluding hydrogens is 366 g/mol. The number of nitrogens with zero attached hydrogens (tertiary/aromatic N) is 2. The molecule has 6 nitrogen and oxygen atoms in total. The Morgan fingerprint density at radius 3 is 2.85 bits per heavy atom. The zero-order valence-electron chi connectivity index (χ0n) is 15.5. The van der Waals surface area contributed by atoms with Gasteiger partial charge in [-0.1, -0.05) is 23.7 Å². The summed E-state index contributed by atoms with van der Waals surface area (Å²) in [5.41, 5.74) is 1.74. The Kier molecular flexibility index (Phi) is 5.86. The van der Waals surface area contributed by atoms with Crippen LogP contribution in [-0.4, -0.2) is 15.7 Å². The average Bonchev–Trinajstić information content (AvgIpc) is 3.31. The van der Waals surface area contributed by atoms with Crippen LogP contribution in [0.3, 0.4) is 0 Å². The fraction of sp³-hybridized carbons (Fsp3) is 0.300. The maximum absolute atomic E-state index is 12.4. The third-order valence-electron chi connectivity index (χ3n) is 4.18. The highest BCUT2D eigenvalue weighted by Crippen LogP contribution is 2.28. The summed E-state index contributed by atoms with van der Waals surface area (Å²) in [6.45, 7) is 6.79. The van der Waals surface area contributed by atoms with Crippen LogP contribution in [0.4, 0.5) is 0 Å². The molecule has 0 fully saturated rings. The highest BCUT2D eigenvalue weighted by atomic mass is 35.5. The van der Waals surface area contributed by atoms with Crippen LogP contribution in [0.1, 0.15) is 47.5 Å². The molecule has 0 aliphatic carbocycles. The number of hydrogen-bond acceptors (Lipinski definition) is 4. The Labute approximate surface area is 163 Å². The Hall–Kier alpha value is -2.73. The van der Waals surface area contributed by atoms with Crippen LogP contribution in [0.25, 0.3) is 0 Å². The Balaban J connectivity index is 1.60. The lowest BCUT2D eigenvalue weighted by atomic mass is 10.2. The number of rotatable bonds is 7. The summed E-state index contributed by atoms with van der Waals surface area (Å²) in [5.74, 6) is 1.09. The molecule has 0 aliphatic rings. The minimum absolute atomic E-state index is 0.189. The fourth-order valence-corrected chi connectivity index (χ4v) is 2.92. The highest BCUT2D eigenvalue weighted by molar-refractivity contribution is 6.32. The second-order valence-electron chi connectivity index (χ2n) is 6.23. The molecule has 0 saturated carbocycles. The van der Waals surface area contributed by atoms with E-state index in [9.17, 15) is 4.79 Å². The molecule has 2 aromatic heterocycles. The fourth-order valence-electron chi connectivity index (χ4n) is 2.65. The molecular formula is C20H22ClN3O3. The van der Waals surface area contributed by atoms with Crippen molar-refractivity contribution in [1.82, 2.24) is 15.1 Å². The summed E-state index contributed by atoms with van der Waals surface area (Å²) in [5, 5.41) is 7.83. The van der Waals surface area contributed by atoms with Crippen molar-refractivity contribution in [1.29, 1.82) is 0 Å². The second-order valence-corrected chi connectivity index (χ2v) is 6.64. The van der Waals surface area contributed by atoms with Gasteiger partial charge in [0.05, 0.1) is 16.8 Å². The molecule has 27 heavy (non-hydrogen) atoms. The van der Waals surface area contributed by atoms with Crippen molar-refractivity contribution in [3.8, 4) is 5.75 Å². The number of furan rings is 1. The number of ether oxygens (including phenoxy) is 1. The smallest absolute Gasteiger partial charge is 0.287 e. The van der Waals surface area contributed by atoms with Gasteiger partial charge in [-0.25, -0.2) is 0 Å². The van der Waals surface area contributed by atoms with E-state index in [4.69, 9.17) is 20.8 Å². The molecule has 0 bridgehead atoms. The topological polar surface area (TPSA) is 69.3 Å². The molecule has 0 aliphatic heterocycles. The monoisotopic (exact) mass is 387 g/mol. The lowest BCUT2D eigenvalue weighted by molar-refractivity contribution is 0.0907. The molecule has 1 N–H and O–H groups in total. The lowest BCUT2D eigenvalue weighted by Crippen LogP contribution is -2.26. The molecule has 3 aromatic rings. The molecule has 1 amide bonds. The van der Waals surface area contributed by atoms with Gasteiger partial charge >= 0.3 is 0 Å². The van der Waals surface area contributed by atoms with E-state index in [1.54, 1.807) is 18.2 Å². The van der Waals surface area contributed by atoms with Crippen molar-refractivity contribution in [3.05, 3.63) is 70.4 Å². The summed E-state index contributed by atoms with van der Waals surface area (Å²) in [6.07, 6.45) is 1.89. The lowest BCUT2D eigenvalue weighted by Gasteiger charge is -2.10. The number of carbonyl (C=O) groups excluding carboxylic acids is 1. The molecule has 2 heterocycles. The molecule has 0 radical (unpaired) electrons. The van der Waals surface area contributed by atoms with Crippen LogP contribution >= 0.6 is 11.6 Å². The molecule has 1 unspecified atom stereocenters. The van der Waals surface area contributed by atoms with Gasteiger partial charge in [-0.05, 0) is 50.6 Å². The molecule has 3 rings (SSSR count). The number of carbonyl (C=O) groups is 1. The van der Waals surface area contributed by atoms with Gasteiger partial charge in [-0.2, -0.15) is 5.10 Å². The normalized spacial score (nSPS) is 12.0. The zero-order valence-corrected chi connectivity index (χ0v) is 16.3. The average molecular weight is 388 g/mol. The van der Waals surface area contributed by atoms with Crippen LogP contribution in [-0.2, 0) is 13.2 Å². The van der Waals surface area contributed by atoms with Crippen LogP contribution in [0.5, 0.6) is 5.75 Å². The number of amides is 1. The van der Waals surface area contributed by atoms with Crippen LogP contribution < -0.4 is 10.1 Å². The van der Waals surface area contributed by atoms with Crippen LogP contribution in [0.2, 0.25) is 5.02 Å². The minimum Gasteiger partial charge on any atom is -0.484 e. The predicted molar refractivity (Wildman–Crippen MR) is 103 cm³/mol. The zero-order chi connectivity index (χ0) is 19.4. The van der Waals surface area contributed by atoms with Gasteiger partial charge in [0.25, 0.3) is 5.91 Å². The van der Waals surface area contributed by atoms with Crippen LogP contribution in [0.15, 0.2) is 47.0 Å². The summed E-state index contributed by atoms with van der Waals surface area (Å²) < 4.78 is 13.2. The summed E-state index contributed by atoms with van der Waals surface area (Å²) in [6, 6.07) is 10.6. The predicted octanol–water partition coefficient (Wildman–Crippen LogP) is 4.53. The van der Waals surface area contributed by atoms with E-state index < -0.39 is 0 Å².